The number of carbonyl (C=O) groups is 2. The summed E-state index contributed by atoms with van der Waals surface area (Å²) in [5.74, 6) is -0.137. The first-order valence-corrected chi connectivity index (χ1v) is 15.0. The molecule has 4 aromatic rings. The molecular formula is C37H39N3O2. The predicted octanol–water partition coefficient (Wildman–Crippen LogP) is 5.75. The molecule has 0 aliphatic carbocycles. The second kappa shape index (κ2) is 11.2. The van der Waals surface area contributed by atoms with E-state index in [2.05, 4.69) is 72.7 Å². The molecule has 2 aliphatic rings. The lowest BCUT2D eigenvalue weighted by molar-refractivity contribution is -0.143. The van der Waals surface area contributed by atoms with Gasteiger partial charge in [-0.15, -0.1) is 0 Å². The largest absolute Gasteiger partial charge is 0.347 e. The van der Waals surface area contributed by atoms with Gasteiger partial charge in [-0.3, -0.25) is 14.5 Å². The summed E-state index contributed by atoms with van der Waals surface area (Å²) in [6.45, 7) is 3.57. The number of amides is 2. The molecule has 0 spiro atoms. The fourth-order valence-corrected chi connectivity index (χ4v) is 7.75. The minimum atomic E-state index is -0.809. The lowest BCUT2D eigenvalue weighted by atomic mass is 9.68. The monoisotopic (exact) mass is 557 g/mol. The highest BCUT2D eigenvalue weighted by Crippen LogP contribution is 2.50. The Hall–Kier alpha value is -4.22. The molecule has 1 N–H and O–H groups in total. The summed E-state index contributed by atoms with van der Waals surface area (Å²) in [4.78, 5) is 32.6. The van der Waals surface area contributed by atoms with E-state index < -0.39 is 16.5 Å². The van der Waals surface area contributed by atoms with Crippen molar-refractivity contribution in [3.63, 3.8) is 0 Å². The number of likely N-dealkylation sites (tertiary alicyclic amines) is 2. The SMILES string of the molecule is CN1CCC(C)(NC(=O)CN2CCCC(c3ccccc3)(c3ccccc3)C2=O)C1(c1ccccc1)c1ccccc1. The van der Waals surface area contributed by atoms with E-state index in [1.165, 1.54) is 0 Å². The van der Waals surface area contributed by atoms with Gasteiger partial charge in [-0.25, -0.2) is 0 Å². The van der Waals surface area contributed by atoms with Crippen LogP contribution in [0.2, 0.25) is 0 Å². The molecule has 6 rings (SSSR count). The van der Waals surface area contributed by atoms with Crippen molar-refractivity contribution in [3.8, 4) is 0 Å². The minimum absolute atomic E-state index is 0.00706. The van der Waals surface area contributed by atoms with Crippen molar-refractivity contribution in [2.75, 3.05) is 26.7 Å². The number of hydrogen-bond donors (Lipinski definition) is 1. The Labute approximate surface area is 249 Å². The van der Waals surface area contributed by atoms with Crippen molar-refractivity contribution in [1.82, 2.24) is 15.1 Å². The van der Waals surface area contributed by atoms with Gasteiger partial charge in [0.25, 0.3) is 0 Å². The molecule has 1 atom stereocenters. The smallest absolute Gasteiger partial charge is 0.240 e. The molecule has 0 bridgehead atoms. The molecule has 42 heavy (non-hydrogen) atoms. The highest BCUT2D eigenvalue weighted by Gasteiger charge is 2.58. The summed E-state index contributed by atoms with van der Waals surface area (Å²) in [5.41, 5.74) is 2.26. The topological polar surface area (TPSA) is 52.7 Å². The fraction of sp³-hybridized carbons (Fsp3) is 0.297. The van der Waals surface area contributed by atoms with E-state index in [1.54, 1.807) is 4.90 Å². The minimum Gasteiger partial charge on any atom is -0.347 e. The van der Waals surface area contributed by atoms with Crippen molar-refractivity contribution in [1.29, 1.82) is 0 Å². The van der Waals surface area contributed by atoms with Crippen LogP contribution in [0.1, 0.15) is 48.4 Å². The highest BCUT2D eigenvalue weighted by atomic mass is 16.2. The van der Waals surface area contributed by atoms with E-state index in [0.29, 0.717) is 13.0 Å². The number of rotatable bonds is 7. The Morgan fingerprint density at radius 3 is 1.62 bits per heavy atom. The molecule has 2 amide bonds. The standard InChI is InChI=1S/C37H39N3O2/c1-35(25-27-39(2)37(35,31-20-11-5-12-21-31)32-22-13-6-14-23-32)38-33(41)28-40-26-15-24-36(34(40)42,29-16-7-3-8-17-29)30-18-9-4-10-19-30/h3-14,16-23H,15,24-28H2,1-2H3,(H,38,41). The van der Waals surface area contributed by atoms with Crippen molar-refractivity contribution >= 4 is 11.8 Å². The van der Waals surface area contributed by atoms with Crippen LogP contribution in [0.5, 0.6) is 0 Å². The Balaban J connectivity index is 1.33. The molecule has 2 heterocycles. The van der Waals surface area contributed by atoms with Gasteiger partial charge < -0.3 is 10.2 Å². The molecule has 2 saturated heterocycles. The van der Waals surface area contributed by atoms with E-state index in [1.807, 2.05) is 72.8 Å². The van der Waals surface area contributed by atoms with Crippen LogP contribution in [-0.2, 0) is 20.5 Å². The summed E-state index contributed by atoms with van der Waals surface area (Å²) in [6.07, 6.45) is 2.32. The van der Waals surface area contributed by atoms with Crippen LogP contribution >= 0.6 is 0 Å². The van der Waals surface area contributed by atoms with E-state index in [4.69, 9.17) is 0 Å². The van der Waals surface area contributed by atoms with Crippen LogP contribution in [0, 0.1) is 0 Å². The van der Waals surface area contributed by atoms with Gasteiger partial charge in [-0.2, -0.15) is 0 Å². The van der Waals surface area contributed by atoms with Crippen LogP contribution < -0.4 is 5.32 Å². The molecule has 0 radical (unpaired) electrons. The van der Waals surface area contributed by atoms with Crippen molar-refractivity contribution in [3.05, 3.63) is 144 Å². The maximum Gasteiger partial charge on any atom is 0.240 e. The zero-order valence-electron chi connectivity index (χ0n) is 24.5. The molecule has 5 nitrogen and oxygen atoms in total. The van der Waals surface area contributed by atoms with Crippen LogP contribution in [0.4, 0.5) is 0 Å². The molecular weight excluding hydrogens is 518 g/mol. The second-order valence-electron chi connectivity index (χ2n) is 12.0. The Morgan fingerprint density at radius 1 is 0.690 bits per heavy atom. The van der Waals surface area contributed by atoms with Gasteiger partial charge in [0.15, 0.2) is 0 Å². The van der Waals surface area contributed by atoms with Gasteiger partial charge in [-0.1, -0.05) is 121 Å². The summed E-state index contributed by atoms with van der Waals surface area (Å²) in [7, 11) is 2.14. The number of benzene rings is 4. The number of likely N-dealkylation sites (N-methyl/N-ethyl adjacent to an activating group) is 1. The van der Waals surface area contributed by atoms with E-state index >= 15 is 0 Å². The van der Waals surface area contributed by atoms with Gasteiger partial charge in [-0.05, 0) is 55.5 Å². The van der Waals surface area contributed by atoms with E-state index in [0.717, 1.165) is 41.6 Å². The summed E-state index contributed by atoms with van der Waals surface area (Å²) < 4.78 is 0. The third-order valence-electron chi connectivity index (χ3n) is 9.62. The quantitative estimate of drug-likeness (QED) is 0.315. The lowest BCUT2D eigenvalue weighted by Gasteiger charge is -2.49. The number of nitrogens with zero attached hydrogens (tertiary/aromatic N) is 2. The maximum atomic E-state index is 14.5. The number of piperidine rings is 1. The summed E-state index contributed by atoms with van der Waals surface area (Å²) >= 11 is 0. The van der Waals surface area contributed by atoms with E-state index in [9.17, 15) is 9.59 Å². The normalized spacial score (nSPS) is 21.7. The zero-order valence-corrected chi connectivity index (χ0v) is 24.5. The Bertz CT molecular complexity index is 1450. The number of nitrogens with one attached hydrogen (secondary N) is 1. The lowest BCUT2D eigenvalue weighted by Crippen LogP contribution is -2.63. The predicted molar refractivity (Wildman–Crippen MR) is 167 cm³/mol. The molecule has 2 fully saturated rings. The van der Waals surface area contributed by atoms with Crippen molar-refractivity contribution in [2.45, 2.75) is 42.7 Å². The first-order valence-electron chi connectivity index (χ1n) is 15.0. The third kappa shape index (κ3) is 4.44. The average molecular weight is 558 g/mol. The zero-order chi connectivity index (χ0) is 29.2. The number of hydrogen-bond acceptors (Lipinski definition) is 3. The molecule has 4 aromatic carbocycles. The molecule has 1 unspecified atom stereocenters. The first-order chi connectivity index (χ1) is 20.4. The molecule has 5 heteroatoms. The van der Waals surface area contributed by atoms with Crippen LogP contribution in [0.3, 0.4) is 0 Å². The number of carbonyl (C=O) groups excluding carboxylic acids is 2. The fourth-order valence-electron chi connectivity index (χ4n) is 7.75. The van der Waals surface area contributed by atoms with Gasteiger partial charge in [0.05, 0.1) is 23.0 Å². The van der Waals surface area contributed by atoms with Crippen LogP contribution in [0.25, 0.3) is 0 Å². The Kier molecular flexibility index (Phi) is 7.46. The van der Waals surface area contributed by atoms with Gasteiger partial charge in [0, 0.05) is 13.1 Å². The van der Waals surface area contributed by atoms with Gasteiger partial charge in [0.1, 0.15) is 0 Å². The molecule has 2 aliphatic heterocycles. The van der Waals surface area contributed by atoms with Crippen molar-refractivity contribution in [2.24, 2.45) is 0 Å². The first kappa shape index (κ1) is 27.9. The summed E-state index contributed by atoms with van der Waals surface area (Å²) in [5, 5.41) is 3.47. The van der Waals surface area contributed by atoms with Crippen LogP contribution in [-0.4, -0.2) is 53.8 Å². The second-order valence-corrected chi connectivity index (χ2v) is 12.0. The molecule has 0 aromatic heterocycles. The third-order valence-corrected chi connectivity index (χ3v) is 9.62. The maximum absolute atomic E-state index is 14.5. The van der Waals surface area contributed by atoms with Crippen LogP contribution in [0.15, 0.2) is 121 Å². The Morgan fingerprint density at radius 2 is 1.14 bits per heavy atom. The average Bonchev–Trinajstić information content (AvgIpc) is 3.29. The molecule has 214 valence electrons. The summed E-state index contributed by atoms with van der Waals surface area (Å²) in [6, 6.07) is 41.0. The molecule has 0 saturated carbocycles. The van der Waals surface area contributed by atoms with Gasteiger partial charge >= 0.3 is 0 Å². The van der Waals surface area contributed by atoms with Crippen molar-refractivity contribution < 1.29 is 9.59 Å². The van der Waals surface area contributed by atoms with Gasteiger partial charge in [0.2, 0.25) is 11.8 Å². The van der Waals surface area contributed by atoms with E-state index in [-0.39, 0.29) is 18.4 Å². The highest BCUT2D eigenvalue weighted by molar-refractivity contribution is 5.95.